The highest BCUT2D eigenvalue weighted by Crippen LogP contribution is 2.28. The van der Waals surface area contributed by atoms with Crippen molar-refractivity contribution < 1.29 is 4.79 Å². The van der Waals surface area contributed by atoms with Crippen LogP contribution in [-0.2, 0) is 0 Å². The van der Waals surface area contributed by atoms with E-state index < -0.39 is 0 Å². The third-order valence-electron chi connectivity index (χ3n) is 3.50. The number of nitrogens with zero attached hydrogens (tertiary/aromatic N) is 1. The van der Waals surface area contributed by atoms with Gasteiger partial charge in [0.05, 0.1) is 15.6 Å². The molecule has 0 radical (unpaired) electrons. The maximum atomic E-state index is 12.5. The monoisotopic (exact) mass is 319 g/mol. The van der Waals surface area contributed by atoms with Gasteiger partial charge in [-0.05, 0) is 37.3 Å². The van der Waals surface area contributed by atoms with E-state index in [4.69, 9.17) is 34.8 Å². The van der Waals surface area contributed by atoms with E-state index in [2.05, 4.69) is 0 Å². The molecule has 0 bridgehead atoms. The van der Waals surface area contributed by atoms with Gasteiger partial charge in [0.15, 0.2) is 0 Å². The zero-order valence-corrected chi connectivity index (χ0v) is 12.8. The maximum Gasteiger partial charge on any atom is 0.256 e. The molecule has 0 N–H and O–H groups in total. The smallest absolute Gasteiger partial charge is 0.256 e. The summed E-state index contributed by atoms with van der Waals surface area (Å²) in [5.41, 5.74) is 0.414. The van der Waals surface area contributed by atoms with Crippen molar-refractivity contribution in [3.8, 4) is 0 Å². The number of halogens is 3. The van der Waals surface area contributed by atoms with Crippen LogP contribution in [-0.4, -0.2) is 29.8 Å². The SMILES string of the molecule is O=C(c1c(Cl)cccc1Cl)N1CCCC(CCCl)C1. The molecule has 1 saturated heterocycles. The average Bonchev–Trinajstić information content (AvgIpc) is 2.39. The van der Waals surface area contributed by atoms with E-state index in [1.54, 1.807) is 18.2 Å². The summed E-state index contributed by atoms with van der Waals surface area (Å²) in [5, 5.41) is 0.828. The van der Waals surface area contributed by atoms with E-state index in [9.17, 15) is 4.79 Å². The Morgan fingerprint density at radius 3 is 2.63 bits per heavy atom. The van der Waals surface area contributed by atoms with Crippen molar-refractivity contribution >= 4 is 40.7 Å². The number of amides is 1. The van der Waals surface area contributed by atoms with Crippen molar-refractivity contribution in [2.45, 2.75) is 19.3 Å². The molecule has 104 valence electrons. The van der Waals surface area contributed by atoms with E-state index in [1.165, 1.54) is 0 Å². The van der Waals surface area contributed by atoms with Crippen molar-refractivity contribution in [3.05, 3.63) is 33.8 Å². The van der Waals surface area contributed by atoms with Gasteiger partial charge in [0, 0.05) is 19.0 Å². The minimum atomic E-state index is -0.0742. The molecule has 1 fully saturated rings. The van der Waals surface area contributed by atoms with Gasteiger partial charge in [-0.25, -0.2) is 0 Å². The van der Waals surface area contributed by atoms with Crippen LogP contribution in [0.1, 0.15) is 29.6 Å². The van der Waals surface area contributed by atoms with Gasteiger partial charge in [0.25, 0.3) is 5.91 Å². The minimum Gasteiger partial charge on any atom is -0.338 e. The van der Waals surface area contributed by atoms with Crippen LogP contribution < -0.4 is 0 Å². The van der Waals surface area contributed by atoms with Gasteiger partial charge in [-0.15, -0.1) is 11.6 Å². The molecular weight excluding hydrogens is 305 g/mol. The van der Waals surface area contributed by atoms with Crippen molar-refractivity contribution in [3.63, 3.8) is 0 Å². The van der Waals surface area contributed by atoms with Crippen LogP contribution in [0.25, 0.3) is 0 Å². The molecule has 1 aliphatic heterocycles. The number of benzene rings is 1. The number of carbonyl (C=O) groups is 1. The van der Waals surface area contributed by atoms with Gasteiger partial charge in [0.2, 0.25) is 0 Å². The minimum absolute atomic E-state index is 0.0742. The molecule has 0 aliphatic carbocycles. The van der Waals surface area contributed by atoms with Crippen LogP contribution in [0, 0.1) is 5.92 Å². The second-order valence-electron chi connectivity index (χ2n) is 4.83. The Bertz CT molecular complexity index is 442. The number of piperidine rings is 1. The number of likely N-dealkylation sites (tertiary alicyclic amines) is 1. The van der Waals surface area contributed by atoms with Crippen molar-refractivity contribution in [2.75, 3.05) is 19.0 Å². The normalized spacial score (nSPS) is 19.5. The molecule has 1 aromatic carbocycles. The van der Waals surface area contributed by atoms with Crippen LogP contribution in [0.4, 0.5) is 0 Å². The predicted molar refractivity (Wildman–Crippen MR) is 80.4 cm³/mol. The molecule has 5 heteroatoms. The first-order valence-electron chi connectivity index (χ1n) is 6.42. The lowest BCUT2D eigenvalue weighted by Gasteiger charge is -2.33. The average molecular weight is 321 g/mol. The highest BCUT2D eigenvalue weighted by molar-refractivity contribution is 6.39. The third kappa shape index (κ3) is 3.56. The second-order valence-corrected chi connectivity index (χ2v) is 6.03. The third-order valence-corrected chi connectivity index (χ3v) is 4.35. The van der Waals surface area contributed by atoms with Crippen LogP contribution in [0.15, 0.2) is 18.2 Å². The summed E-state index contributed by atoms with van der Waals surface area (Å²) in [6, 6.07) is 5.13. The van der Waals surface area contributed by atoms with Gasteiger partial charge in [-0.1, -0.05) is 29.3 Å². The lowest BCUT2D eigenvalue weighted by atomic mass is 9.95. The van der Waals surface area contributed by atoms with Crippen LogP contribution in [0.3, 0.4) is 0 Å². The summed E-state index contributed by atoms with van der Waals surface area (Å²) in [4.78, 5) is 14.4. The topological polar surface area (TPSA) is 20.3 Å². The molecular formula is C14H16Cl3NO. The van der Waals surface area contributed by atoms with E-state index >= 15 is 0 Å². The number of carbonyl (C=O) groups excluding carboxylic acids is 1. The second kappa shape index (κ2) is 6.83. The molecule has 0 saturated carbocycles. The van der Waals surface area contributed by atoms with Crippen LogP contribution in [0.5, 0.6) is 0 Å². The summed E-state index contributed by atoms with van der Waals surface area (Å²) in [6.07, 6.45) is 3.09. The molecule has 1 aliphatic rings. The molecule has 1 aromatic rings. The first-order valence-corrected chi connectivity index (χ1v) is 7.71. The molecule has 2 nitrogen and oxygen atoms in total. The fourth-order valence-electron chi connectivity index (χ4n) is 2.50. The quantitative estimate of drug-likeness (QED) is 0.752. The summed E-state index contributed by atoms with van der Waals surface area (Å²) >= 11 is 18.0. The van der Waals surface area contributed by atoms with E-state index in [-0.39, 0.29) is 5.91 Å². The van der Waals surface area contributed by atoms with E-state index in [0.29, 0.717) is 27.4 Å². The zero-order valence-electron chi connectivity index (χ0n) is 10.5. The summed E-state index contributed by atoms with van der Waals surface area (Å²) < 4.78 is 0. The predicted octanol–water partition coefficient (Wildman–Crippen LogP) is 4.47. The van der Waals surface area contributed by atoms with Gasteiger partial charge >= 0.3 is 0 Å². The Hall–Kier alpha value is -0.440. The molecule has 2 rings (SSSR count). The molecule has 1 heterocycles. The summed E-state index contributed by atoms with van der Waals surface area (Å²) in [6.45, 7) is 1.51. The first-order chi connectivity index (χ1) is 9.13. The Morgan fingerprint density at radius 2 is 2.00 bits per heavy atom. The number of rotatable bonds is 3. The van der Waals surface area contributed by atoms with Gasteiger partial charge in [-0.3, -0.25) is 4.79 Å². The molecule has 0 aromatic heterocycles. The van der Waals surface area contributed by atoms with Gasteiger partial charge < -0.3 is 4.90 Å². The number of hydrogen-bond donors (Lipinski definition) is 0. The van der Waals surface area contributed by atoms with E-state index in [1.807, 2.05) is 4.90 Å². The Balaban J connectivity index is 2.15. The number of hydrogen-bond acceptors (Lipinski definition) is 1. The van der Waals surface area contributed by atoms with Crippen LogP contribution in [0.2, 0.25) is 10.0 Å². The van der Waals surface area contributed by atoms with Gasteiger partial charge in [0.1, 0.15) is 0 Å². The van der Waals surface area contributed by atoms with Crippen molar-refractivity contribution in [2.24, 2.45) is 5.92 Å². The Morgan fingerprint density at radius 1 is 1.32 bits per heavy atom. The Kier molecular flexibility index (Phi) is 5.37. The van der Waals surface area contributed by atoms with Crippen molar-refractivity contribution in [1.29, 1.82) is 0 Å². The Labute approximate surface area is 128 Å². The lowest BCUT2D eigenvalue weighted by Crippen LogP contribution is -2.40. The zero-order chi connectivity index (χ0) is 13.8. The molecule has 0 spiro atoms. The van der Waals surface area contributed by atoms with Gasteiger partial charge in [-0.2, -0.15) is 0 Å². The largest absolute Gasteiger partial charge is 0.338 e. The first kappa shape index (κ1) is 15.0. The summed E-state index contributed by atoms with van der Waals surface area (Å²) in [5.74, 6) is 1.05. The summed E-state index contributed by atoms with van der Waals surface area (Å²) in [7, 11) is 0. The fraction of sp³-hybridized carbons (Fsp3) is 0.500. The molecule has 19 heavy (non-hydrogen) atoms. The van der Waals surface area contributed by atoms with E-state index in [0.717, 1.165) is 32.4 Å². The highest BCUT2D eigenvalue weighted by atomic mass is 35.5. The standard InChI is InChI=1S/C14H16Cl3NO/c15-7-6-10-3-2-8-18(9-10)14(19)13-11(16)4-1-5-12(13)17/h1,4-5,10H,2-3,6-9H2. The fourth-order valence-corrected chi connectivity index (χ4v) is 3.37. The molecule has 1 amide bonds. The molecule has 1 atom stereocenters. The molecule has 1 unspecified atom stereocenters. The van der Waals surface area contributed by atoms with Crippen molar-refractivity contribution in [1.82, 2.24) is 4.90 Å². The maximum absolute atomic E-state index is 12.5. The number of alkyl halides is 1. The lowest BCUT2D eigenvalue weighted by molar-refractivity contribution is 0.0672. The highest BCUT2D eigenvalue weighted by Gasteiger charge is 2.26. The van der Waals surface area contributed by atoms with Crippen LogP contribution >= 0.6 is 34.8 Å².